The van der Waals surface area contributed by atoms with E-state index in [1.54, 1.807) is 71.6 Å². The van der Waals surface area contributed by atoms with Crippen LogP contribution in [-0.4, -0.2) is 47.3 Å². The van der Waals surface area contributed by atoms with Crippen molar-refractivity contribution in [3.8, 4) is 11.5 Å². The molecule has 0 bridgehead atoms. The first-order chi connectivity index (χ1) is 19.4. The van der Waals surface area contributed by atoms with Crippen LogP contribution >= 0.6 is 11.6 Å². The van der Waals surface area contributed by atoms with Crippen LogP contribution in [0.2, 0.25) is 5.02 Å². The van der Waals surface area contributed by atoms with Gasteiger partial charge in [-0.05, 0) is 54.8 Å². The predicted octanol–water partition coefficient (Wildman–Crippen LogP) is 4.58. The van der Waals surface area contributed by atoms with Crippen molar-refractivity contribution >= 4 is 46.5 Å². The Morgan fingerprint density at radius 1 is 0.950 bits per heavy atom. The summed E-state index contributed by atoms with van der Waals surface area (Å²) in [4.78, 5) is 56.4. The van der Waals surface area contributed by atoms with Gasteiger partial charge in [0, 0.05) is 23.3 Å². The lowest BCUT2D eigenvalue weighted by Gasteiger charge is -2.41. The van der Waals surface area contributed by atoms with E-state index in [2.05, 4.69) is 5.32 Å². The number of fused-ring (bicyclic) bond motifs is 2. The third kappa shape index (κ3) is 4.56. The molecule has 3 aromatic carbocycles. The Balaban J connectivity index is 1.33. The zero-order valence-corrected chi connectivity index (χ0v) is 22.3. The first-order valence-electron chi connectivity index (χ1n) is 13.1. The maximum Gasteiger partial charge on any atom is 0.299 e. The van der Waals surface area contributed by atoms with Gasteiger partial charge in [-0.15, -0.1) is 0 Å². The number of amides is 3. The molecule has 2 heterocycles. The highest BCUT2D eigenvalue weighted by Gasteiger charge is 2.49. The molecule has 1 aliphatic carbocycles. The highest BCUT2D eigenvalue weighted by Crippen LogP contribution is 2.40. The Kier molecular flexibility index (Phi) is 6.67. The van der Waals surface area contributed by atoms with Gasteiger partial charge < -0.3 is 19.7 Å². The molecule has 10 heteroatoms. The summed E-state index contributed by atoms with van der Waals surface area (Å²) in [5.41, 5.74) is 0.792. The molecule has 0 saturated heterocycles. The van der Waals surface area contributed by atoms with E-state index in [0.717, 1.165) is 18.4 Å². The number of halogens is 1. The van der Waals surface area contributed by atoms with E-state index in [1.807, 2.05) is 0 Å². The summed E-state index contributed by atoms with van der Waals surface area (Å²) in [6.45, 7) is -0.128. The van der Waals surface area contributed by atoms with Gasteiger partial charge in [0.15, 0.2) is 11.5 Å². The van der Waals surface area contributed by atoms with Gasteiger partial charge in [0.1, 0.15) is 12.1 Å². The monoisotopic (exact) mass is 559 g/mol. The molecule has 40 heavy (non-hydrogen) atoms. The van der Waals surface area contributed by atoms with Gasteiger partial charge in [-0.3, -0.25) is 24.1 Å². The minimum absolute atomic E-state index is 0.112. The minimum Gasteiger partial charge on any atom is -0.454 e. The molecule has 2 aliphatic heterocycles. The summed E-state index contributed by atoms with van der Waals surface area (Å²) in [5, 5.41) is 3.54. The zero-order valence-electron chi connectivity index (χ0n) is 21.5. The van der Waals surface area contributed by atoms with Gasteiger partial charge >= 0.3 is 0 Å². The number of nitrogens with one attached hydrogen (secondary N) is 1. The van der Waals surface area contributed by atoms with Crippen molar-refractivity contribution in [1.29, 1.82) is 0 Å². The van der Waals surface area contributed by atoms with Crippen molar-refractivity contribution in [3.05, 3.63) is 82.9 Å². The lowest BCUT2D eigenvalue weighted by molar-refractivity contribution is -0.145. The van der Waals surface area contributed by atoms with Crippen LogP contribution in [0.5, 0.6) is 11.5 Å². The molecule has 3 aromatic rings. The standard InChI is InChI=1S/C30H26ClN3O6/c31-20-9-7-19(8-10-20)16-34(26(35)17-33-23-6-2-1-5-22(23)27(36)28(33)37)30(13-3-4-14-30)29(38)32-21-11-12-24-25(15-21)40-18-39-24/h1-2,5-12,15H,3-4,13-14,16-18H2,(H,32,38). The van der Waals surface area contributed by atoms with Gasteiger partial charge in [-0.2, -0.15) is 0 Å². The first kappa shape index (κ1) is 25.9. The third-order valence-electron chi connectivity index (χ3n) is 7.73. The van der Waals surface area contributed by atoms with Crippen molar-refractivity contribution in [3.63, 3.8) is 0 Å². The van der Waals surface area contributed by atoms with Gasteiger partial charge in [-0.25, -0.2) is 0 Å². The number of nitrogens with zero attached hydrogens (tertiary/aromatic N) is 2. The minimum atomic E-state index is -1.17. The number of rotatable bonds is 7. The molecular weight excluding hydrogens is 534 g/mol. The van der Waals surface area contributed by atoms with E-state index in [9.17, 15) is 19.2 Å². The van der Waals surface area contributed by atoms with Crippen LogP contribution < -0.4 is 19.7 Å². The van der Waals surface area contributed by atoms with E-state index < -0.39 is 23.1 Å². The van der Waals surface area contributed by atoms with Gasteiger partial charge in [0.05, 0.1) is 11.3 Å². The van der Waals surface area contributed by atoms with Crippen LogP contribution in [-0.2, 0) is 20.9 Å². The Bertz CT molecular complexity index is 1520. The second kappa shape index (κ2) is 10.3. The summed E-state index contributed by atoms with van der Waals surface area (Å²) in [6, 6.07) is 18.8. The quantitative estimate of drug-likeness (QED) is 0.425. The molecule has 6 rings (SSSR count). The van der Waals surface area contributed by atoms with Crippen LogP contribution in [0.15, 0.2) is 66.7 Å². The predicted molar refractivity (Wildman–Crippen MR) is 148 cm³/mol. The Hall–Kier alpha value is -4.37. The molecule has 1 saturated carbocycles. The molecule has 0 atom stereocenters. The Morgan fingerprint density at radius 2 is 1.68 bits per heavy atom. The first-order valence-corrected chi connectivity index (χ1v) is 13.4. The smallest absolute Gasteiger partial charge is 0.299 e. The molecule has 204 valence electrons. The van der Waals surface area contributed by atoms with Gasteiger partial charge in [0.25, 0.3) is 11.7 Å². The summed E-state index contributed by atoms with van der Waals surface area (Å²) in [6.07, 6.45) is 2.41. The SMILES string of the molecule is O=C1C(=O)N(CC(=O)N(Cc2ccc(Cl)cc2)C2(C(=O)Nc3ccc4c(c3)OCO4)CCCC2)c2ccccc21. The van der Waals surface area contributed by atoms with Crippen molar-refractivity contribution < 1.29 is 28.7 Å². The summed E-state index contributed by atoms with van der Waals surface area (Å²) >= 11 is 6.10. The number of carbonyl (C=O) groups is 4. The number of anilines is 2. The molecule has 3 amide bonds. The average molecular weight is 560 g/mol. The van der Waals surface area contributed by atoms with E-state index in [0.29, 0.717) is 40.7 Å². The molecule has 0 unspecified atom stereocenters. The van der Waals surface area contributed by atoms with E-state index in [1.165, 1.54) is 4.90 Å². The normalized spacial score (nSPS) is 16.7. The second-order valence-corrected chi connectivity index (χ2v) is 10.5. The highest BCUT2D eigenvalue weighted by molar-refractivity contribution is 6.52. The fourth-order valence-corrected chi connectivity index (χ4v) is 5.80. The topological polar surface area (TPSA) is 105 Å². The van der Waals surface area contributed by atoms with Crippen molar-refractivity contribution in [2.75, 3.05) is 23.6 Å². The van der Waals surface area contributed by atoms with Crippen LogP contribution in [0.4, 0.5) is 11.4 Å². The van der Waals surface area contributed by atoms with E-state index in [4.69, 9.17) is 21.1 Å². The summed E-state index contributed by atoms with van der Waals surface area (Å²) < 4.78 is 10.8. The number of Topliss-reactive ketones (excluding diaryl/α,β-unsaturated/α-hetero) is 1. The third-order valence-corrected chi connectivity index (χ3v) is 7.98. The molecule has 0 spiro atoms. The molecule has 0 aromatic heterocycles. The summed E-state index contributed by atoms with van der Waals surface area (Å²) in [5.74, 6) is -1.04. The van der Waals surface area contributed by atoms with Crippen LogP contribution in [0.25, 0.3) is 0 Å². The fraction of sp³-hybridized carbons (Fsp3) is 0.267. The largest absolute Gasteiger partial charge is 0.454 e. The number of para-hydroxylation sites is 1. The highest BCUT2D eigenvalue weighted by atomic mass is 35.5. The maximum atomic E-state index is 14.1. The molecule has 3 aliphatic rings. The van der Waals surface area contributed by atoms with E-state index >= 15 is 0 Å². The fourth-order valence-electron chi connectivity index (χ4n) is 5.68. The Morgan fingerprint density at radius 3 is 2.45 bits per heavy atom. The molecule has 9 nitrogen and oxygen atoms in total. The van der Waals surface area contributed by atoms with Gasteiger partial charge in [0.2, 0.25) is 18.6 Å². The van der Waals surface area contributed by atoms with Crippen molar-refractivity contribution in [2.24, 2.45) is 0 Å². The lowest BCUT2D eigenvalue weighted by Crippen LogP contribution is -2.59. The average Bonchev–Trinajstić information content (AvgIpc) is 3.69. The Labute approximate surface area is 235 Å². The summed E-state index contributed by atoms with van der Waals surface area (Å²) in [7, 11) is 0. The van der Waals surface area contributed by atoms with E-state index in [-0.39, 0.29) is 31.4 Å². The molecule has 0 radical (unpaired) electrons. The van der Waals surface area contributed by atoms with Crippen LogP contribution in [0, 0.1) is 0 Å². The van der Waals surface area contributed by atoms with Crippen LogP contribution in [0.1, 0.15) is 41.6 Å². The lowest BCUT2D eigenvalue weighted by atomic mass is 9.92. The maximum absolute atomic E-state index is 14.1. The van der Waals surface area contributed by atoms with Crippen LogP contribution in [0.3, 0.4) is 0 Å². The number of hydrogen-bond donors (Lipinski definition) is 1. The zero-order chi connectivity index (χ0) is 27.9. The van der Waals surface area contributed by atoms with Crippen molar-refractivity contribution in [1.82, 2.24) is 4.90 Å². The molecular formula is C30H26ClN3O6. The van der Waals surface area contributed by atoms with Crippen molar-refractivity contribution in [2.45, 2.75) is 37.8 Å². The second-order valence-electron chi connectivity index (χ2n) is 10.1. The number of carbonyl (C=O) groups excluding carboxylic acids is 4. The van der Waals surface area contributed by atoms with Gasteiger partial charge in [-0.1, -0.05) is 48.7 Å². The number of ketones is 1. The molecule has 1 fully saturated rings. The number of ether oxygens (including phenoxy) is 2. The molecule has 1 N–H and O–H groups in total. The number of benzene rings is 3. The number of hydrogen-bond acceptors (Lipinski definition) is 6.